The van der Waals surface area contributed by atoms with Crippen LogP contribution in [0.1, 0.15) is 46.5 Å². The van der Waals surface area contributed by atoms with E-state index in [1.165, 1.54) is 0 Å². The molecule has 2 atom stereocenters. The highest BCUT2D eigenvalue weighted by Crippen LogP contribution is 2.12. The van der Waals surface area contributed by atoms with Crippen molar-refractivity contribution >= 4 is 5.78 Å². The number of aliphatic hydroxyl groups is 1. The van der Waals surface area contributed by atoms with Crippen LogP contribution >= 0.6 is 0 Å². The molecule has 0 saturated carbocycles. The van der Waals surface area contributed by atoms with Crippen LogP contribution in [-0.4, -0.2) is 30.2 Å². The van der Waals surface area contributed by atoms with Gasteiger partial charge in [0.2, 0.25) is 0 Å². The van der Waals surface area contributed by atoms with Crippen LogP contribution in [0.4, 0.5) is 0 Å². The van der Waals surface area contributed by atoms with Crippen molar-refractivity contribution in [2.24, 2.45) is 5.92 Å². The Balaban J connectivity index is 3.62. The van der Waals surface area contributed by atoms with E-state index in [9.17, 15) is 9.90 Å². The summed E-state index contributed by atoms with van der Waals surface area (Å²) in [4.78, 5) is 11.1. The summed E-state index contributed by atoms with van der Waals surface area (Å²) in [5.41, 5.74) is 0. The number of rotatable bonds is 9. The Bertz CT molecular complexity index is 168. The molecular formula is C12H24O3. The highest BCUT2D eigenvalue weighted by atomic mass is 16.5. The predicted molar refractivity (Wildman–Crippen MR) is 60.8 cm³/mol. The zero-order chi connectivity index (χ0) is 11.7. The molecule has 2 unspecified atom stereocenters. The second kappa shape index (κ2) is 8.86. The maximum atomic E-state index is 11.1. The Hall–Kier alpha value is -0.410. The minimum atomic E-state index is -0.504. The van der Waals surface area contributed by atoms with Gasteiger partial charge in [-0.25, -0.2) is 0 Å². The first-order chi connectivity index (χ1) is 7.11. The molecule has 0 fully saturated rings. The monoisotopic (exact) mass is 216 g/mol. The van der Waals surface area contributed by atoms with Crippen LogP contribution in [-0.2, 0) is 9.53 Å². The van der Waals surface area contributed by atoms with Gasteiger partial charge in [0, 0.05) is 12.5 Å². The topological polar surface area (TPSA) is 46.5 Å². The Labute approximate surface area is 92.8 Å². The lowest BCUT2D eigenvalue weighted by atomic mass is 9.95. The van der Waals surface area contributed by atoms with Crippen LogP contribution in [0.3, 0.4) is 0 Å². The van der Waals surface area contributed by atoms with Crippen molar-refractivity contribution < 1.29 is 14.6 Å². The van der Waals surface area contributed by atoms with Gasteiger partial charge < -0.3 is 9.84 Å². The van der Waals surface area contributed by atoms with E-state index in [1.54, 1.807) is 6.92 Å². The van der Waals surface area contributed by atoms with Gasteiger partial charge in [-0.3, -0.25) is 4.79 Å². The lowest BCUT2D eigenvalue weighted by Crippen LogP contribution is -2.23. The number of carbonyl (C=O) groups excluding carboxylic acids is 1. The average Bonchev–Trinajstić information content (AvgIpc) is 2.20. The third-order valence-corrected chi connectivity index (χ3v) is 2.58. The Morgan fingerprint density at radius 2 is 2.07 bits per heavy atom. The normalized spacial score (nSPS) is 14.9. The van der Waals surface area contributed by atoms with Crippen molar-refractivity contribution in [2.75, 3.05) is 13.2 Å². The molecule has 3 heteroatoms. The standard InChI is InChI=1S/C12H24O3/c1-4-6-7-15-9-12(14)8-11(5-2)10(3)13/h11-12,14H,4-9H2,1-3H3. The summed E-state index contributed by atoms with van der Waals surface area (Å²) in [6, 6.07) is 0. The van der Waals surface area contributed by atoms with Gasteiger partial charge in [0.1, 0.15) is 5.78 Å². The van der Waals surface area contributed by atoms with E-state index in [-0.39, 0.29) is 11.7 Å². The van der Waals surface area contributed by atoms with Gasteiger partial charge in [-0.05, 0) is 26.2 Å². The summed E-state index contributed by atoms with van der Waals surface area (Å²) in [7, 11) is 0. The number of hydrogen-bond acceptors (Lipinski definition) is 3. The van der Waals surface area contributed by atoms with Gasteiger partial charge >= 0.3 is 0 Å². The summed E-state index contributed by atoms with van der Waals surface area (Å²) in [5.74, 6) is 0.139. The Morgan fingerprint density at radius 3 is 2.53 bits per heavy atom. The maximum absolute atomic E-state index is 11.1. The highest BCUT2D eigenvalue weighted by Gasteiger charge is 2.16. The lowest BCUT2D eigenvalue weighted by molar-refractivity contribution is -0.122. The Morgan fingerprint density at radius 1 is 1.40 bits per heavy atom. The fourth-order valence-electron chi connectivity index (χ4n) is 1.48. The number of hydrogen-bond donors (Lipinski definition) is 1. The number of aliphatic hydroxyl groups excluding tert-OH is 1. The molecule has 0 aliphatic carbocycles. The van der Waals surface area contributed by atoms with E-state index < -0.39 is 6.10 Å². The molecule has 0 aliphatic rings. The molecular weight excluding hydrogens is 192 g/mol. The lowest BCUT2D eigenvalue weighted by Gasteiger charge is -2.16. The van der Waals surface area contributed by atoms with E-state index in [1.807, 2.05) is 6.92 Å². The van der Waals surface area contributed by atoms with Crippen LogP contribution < -0.4 is 0 Å². The zero-order valence-electron chi connectivity index (χ0n) is 10.2. The Kier molecular flexibility index (Phi) is 8.62. The first-order valence-corrected chi connectivity index (χ1v) is 5.88. The quantitative estimate of drug-likeness (QED) is 0.601. The summed E-state index contributed by atoms with van der Waals surface area (Å²) in [6.07, 6.45) is 2.94. The van der Waals surface area contributed by atoms with Crippen molar-refractivity contribution in [1.82, 2.24) is 0 Å². The van der Waals surface area contributed by atoms with Crippen molar-refractivity contribution in [1.29, 1.82) is 0 Å². The van der Waals surface area contributed by atoms with E-state index >= 15 is 0 Å². The predicted octanol–water partition coefficient (Wildman–Crippen LogP) is 2.17. The molecule has 0 radical (unpaired) electrons. The molecule has 15 heavy (non-hydrogen) atoms. The molecule has 0 saturated heterocycles. The van der Waals surface area contributed by atoms with E-state index in [4.69, 9.17) is 4.74 Å². The zero-order valence-corrected chi connectivity index (χ0v) is 10.2. The molecule has 0 rings (SSSR count). The van der Waals surface area contributed by atoms with E-state index in [2.05, 4.69) is 6.92 Å². The van der Waals surface area contributed by atoms with Crippen LogP contribution in [0.15, 0.2) is 0 Å². The van der Waals surface area contributed by atoms with Crippen LogP contribution in [0, 0.1) is 5.92 Å². The summed E-state index contributed by atoms with van der Waals surface area (Å²) in [6.45, 7) is 6.70. The highest BCUT2D eigenvalue weighted by molar-refractivity contribution is 5.78. The SMILES string of the molecule is CCCCOCC(O)CC(CC)C(C)=O. The number of carbonyl (C=O) groups is 1. The molecule has 0 aromatic heterocycles. The largest absolute Gasteiger partial charge is 0.391 e. The second-order valence-corrected chi connectivity index (χ2v) is 4.03. The van der Waals surface area contributed by atoms with Crippen LogP contribution in [0.2, 0.25) is 0 Å². The smallest absolute Gasteiger partial charge is 0.132 e. The van der Waals surface area contributed by atoms with Gasteiger partial charge in [-0.2, -0.15) is 0 Å². The number of ketones is 1. The number of unbranched alkanes of at least 4 members (excludes halogenated alkanes) is 1. The summed E-state index contributed by atoms with van der Waals surface area (Å²) >= 11 is 0. The molecule has 0 aromatic carbocycles. The first-order valence-electron chi connectivity index (χ1n) is 5.88. The molecule has 0 amide bonds. The second-order valence-electron chi connectivity index (χ2n) is 4.03. The van der Waals surface area contributed by atoms with Crippen molar-refractivity contribution in [3.63, 3.8) is 0 Å². The molecule has 90 valence electrons. The molecule has 1 N–H and O–H groups in total. The summed E-state index contributed by atoms with van der Waals surface area (Å²) < 4.78 is 5.30. The fraction of sp³-hybridized carbons (Fsp3) is 0.917. The number of Topliss-reactive ketones (excluding diaryl/α,β-unsaturated/α-hetero) is 1. The number of ether oxygens (including phenoxy) is 1. The first kappa shape index (κ1) is 14.6. The molecule has 3 nitrogen and oxygen atoms in total. The minimum Gasteiger partial charge on any atom is -0.391 e. The minimum absolute atomic E-state index is 0.0187. The summed E-state index contributed by atoms with van der Waals surface area (Å²) in [5, 5.41) is 9.62. The van der Waals surface area contributed by atoms with Crippen LogP contribution in [0.5, 0.6) is 0 Å². The van der Waals surface area contributed by atoms with E-state index in [0.29, 0.717) is 19.6 Å². The maximum Gasteiger partial charge on any atom is 0.132 e. The van der Waals surface area contributed by atoms with Crippen molar-refractivity contribution in [3.8, 4) is 0 Å². The average molecular weight is 216 g/mol. The van der Waals surface area contributed by atoms with Gasteiger partial charge in [0.25, 0.3) is 0 Å². The van der Waals surface area contributed by atoms with E-state index in [0.717, 1.165) is 19.3 Å². The molecule has 0 bridgehead atoms. The molecule has 0 spiro atoms. The molecule has 0 heterocycles. The third kappa shape index (κ3) is 7.51. The van der Waals surface area contributed by atoms with Gasteiger partial charge in [0.15, 0.2) is 0 Å². The molecule has 0 aliphatic heterocycles. The molecule has 0 aromatic rings. The van der Waals surface area contributed by atoms with Gasteiger partial charge in [0.05, 0.1) is 12.7 Å². The van der Waals surface area contributed by atoms with Crippen molar-refractivity contribution in [2.45, 2.75) is 52.6 Å². The van der Waals surface area contributed by atoms with Crippen LogP contribution in [0.25, 0.3) is 0 Å². The third-order valence-electron chi connectivity index (χ3n) is 2.58. The van der Waals surface area contributed by atoms with Gasteiger partial charge in [-0.15, -0.1) is 0 Å². The van der Waals surface area contributed by atoms with Gasteiger partial charge in [-0.1, -0.05) is 20.3 Å². The fourth-order valence-corrected chi connectivity index (χ4v) is 1.48. The van der Waals surface area contributed by atoms with Crippen molar-refractivity contribution in [3.05, 3.63) is 0 Å².